The van der Waals surface area contributed by atoms with E-state index < -0.39 is 0 Å². The first-order chi connectivity index (χ1) is 7.11. The van der Waals surface area contributed by atoms with Crippen LogP contribution < -0.4 is 11.1 Å². The Kier molecular flexibility index (Phi) is 5.01. The molecule has 0 spiro atoms. The summed E-state index contributed by atoms with van der Waals surface area (Å²) in [6.07, 6.45) is 0.987. The molecule has 1 aliphatic heterocycles. The SMILES string of the molecule is COCC(C)NC(=O)CN1CC[C@H](N)C1. The average Bonchev–Trinajstić information content (AvgIpc) is 2.51. The summed E-state index contributed by atoms with van der Waals surface area (Å²) in [4.78, 5) is 13.6. The lowest BCUT2D eigenvalue weighted by molar-refractivity contribution is -0.122. The maximum atomic E-state index is 11.5. The van der Waals surface area contributed by atoms with Crippen LogP contribution in [0.5, 0.6) is 0 Å². The smallest absolute Gasteiger partial charge is 0.234 e. The summed E-state index contributed by atoms with van der Waals surface area (Å²) < 4.78 is 4.94. The fraction of sp³-hybridized carbons (Fsp3) is 0.900. The number of nitrogens with two attached hydrogens (primary N) is 1. The molecule has 1 fully saturated rings. The van der Waals surface area contributed by atoms with E-state index in [4.69, 9.17) is 10.5 Å². The molecule has 3 N–H and O–H groups in total. The van der Waals surface area contributed by atoms with Crippen molar-refractivity contribution in [2.24, 2.45) is 5.73 Å². The number of likely N-dealkylation sites (tertiary alicyclic amines) is 1. The Bertz CT molecular complexity index is 211. The average molecular weight is 215 g/mol. The number of carbonyl (C=O) groups is 1. The third kappa shape index (κ3) is 4.59. The highest BCUT2D eigenvalue weighted by molar-refractivity contribution is 5.78. The largest absolute Gasteiger partial charge is 0.383 e. The summed E-state index contributed by atoms with van der Waals surface area (Å²) in [5.74, 6) is 0.0497. The van der Waals surface area contributed by atoms with Crippen LogP contribution in [0.2, 0.25) is 0 Å². The molecule has 5 nitrogen and oxygen atoms in total. The van der Waals surface area contributed by atoms with E-state index in [9.17, 15) is 4.79 Å². The molecule has 1 unspecified atom stereocenters. The van der Waals surface area contributed by atoms with Gasteiger partial charge in [-0.05, 0) is 13.3 Å². The predicted octanol–water partition coefficient (Wildman–Crippen LogP) is -0.829. The van der Waals surface area contributed by atoms with Crippen molar-refractivity contribution in [2.45, 2.75) is 25.4 Å². The number of rotatable bonds is 5. The molecule has 15 heavy (non-hydrogen) atoms. The van der Waals surface area contributed by atoms with E-state index in [0.717, 1.165) is 19.5 Å². The van der Waals surface area contributed by atoms with Gasteiger partial charge < -0.3 is 15.8 Å². The summed E-state index contributed by atoms with van der Waals surface area (Å²) in [5, 5.41) is 2.88. The molecule has 2 atom stereocenters. The minimum Gasteiger partial charge on any atom is -0.383 e. The van der Waals surface area contributed by atoms with Crippen LogP contribution in [0.15, 0.2) is 0 Å². The lowest BCUT2D eigenvalue weighted by Crippen LogP contribution is -2.42. The Labute approximate surface area is 90.9 Å². The van der Waals surface area contributed by atoms with Crippen LogP contribution in [0.25, 0.3) is 0 Å². The summed E-state index contributed by atoms with van der Waals surface area (Å²) in [5.41, 5.74) is 5.76. The maximum absolute atomic E-state index is 11.5. The summed E-state index contributed by atoms with van der Waals surface area (Å²) in [7, 11) is 1.63. The molecule has 0 bridgehead atoms. The van der Waals surface area contributed by atoms with Gasteiger partial charge in [0.05, 0.1) is 13.2 Å². The number of carbonyl (C=O) groups excluding carboxylic acids is 1. The second kappa shape index (κ2) is 6.05. The molecular formula is C10H21N3O2. The van der Waals surface area contributed by atoms with Gasteiger partial charge in [0.25, 0.3) is 0 Å². The molecule has 1 amide bonds. The van der Waals surface area contributed by atoms with Crippen molar-refractivity contribution in [3.8, 4) is 0 Å². The number of hydrogen-bond donors (Lipinski definition) is 2. The van der Waals surface area contributed by atoms with Gasteiger partial charge in [-0.25, -0.2) is 0 Å². The zero-order valence-corrected chi connectivity index (χ0v) is 9.53. The van der Waals surface area contributed by atoms with E-state index in [-0.39, 0.29) is 18.0 Å². The summed E-state index contributed by atoms with van der Waals surface area (Å²) in [6.45, 7) is 4.67. The quantitative estimate of drug-likeness (QED) is 0.628. The van der Waals surface area contributed by atoms with E-state index in [1.807, 2.05) is 6.92 Å². The molecule has 5 heteroatoms. The number of methoxy groups -OCH3 is 1. The van der Waals surface area contributed by atoms with Gasteiger partial charge in [0.2, 0.25) is 5.91 Å². The highest BCUT2D eigenvalue weighted by Crippen LogP contribution is 2.05. The molecule has 88 valence electrons. The van der Waals surface area contributed by atoms with Crippen molar-refractivity contribution in [3.63, 3.8) is 0 Å². The Morgan fingerprint density at radius 2 is 2.47 bits per heavy atom. The number of amides is 1. The second-order valence-electron chi connectivity index (χ2n) is 4.21. The molecule has 0 aromatic carbocycles. The first-order valence-electron chi connectivity index (χ1n) is 5.38. The van der Waals surface area contributed by atoms with Crippen molar-refractivity contribution >= 4 is 5.91 Å². The molecule has 0 aromatic heterocycles. The molecular weight excluding hydrogens is 194 g/mol. The topological polar surface area (TPSA) is 67.6 Å². The predicted molar refractivity (Wildman–Crippen MR) is 58.5 cm³/mol. The normalized spacial score (nSPS) is 24.1. The molecule has 0 aliphatic carbocycles. The van der Waals surface area contributed by atoms with Gasteiger partial charge in [0.15, 0.2) is 0 Å². The van der Waals surface area contributed by atoms with Crippen LogP contribution in [0.4, 0.5) is 0 Å². The van der Waals surface area contributed by atoms with Crippen molar-refractivity contribution in [2.75, 3.05) is 33.4 Å². The van der Waals surface area contributed by atoms with Crippen molar-refractivity contribution in [3.05, 3.63) is 0 Å². The molecule has 1 saturated heterocycles. The summed E-state index contributed by atoms with van der Waals surface area (Å²) in [6, 6.07) is 0.299. The summed E-state index contributed by atoms with van der Waals surface area (Å²) >= 11 is 0. The highest BCUT2D eigenvalue weighted by Gasteiger charge is 2.21. The van der Waals surface area contributed by atoms with Crippen LogP contribution in [0.3, 0.4) is 0 Å². The highest BCUT2D eigenvalue weighted by atomic mass is 16.5. The molecule has 0 radical (unpaired) electrons. The minimum atomic E-state index is 0.0497. The monoisotopic (exact) mass is 215 g/mol. The van der Waals surface area contributed by atoms with Crippen LogP contribution in [-0.4, -0.2) is 56.2 Å². The standard InChI is InChI=1S/C10H21N3O2/c1-8(7-15-2)12-10(14)6-13-4-3-9(11)5-13/h8-9H,3-7,11H2,1-2H3,(H,12,14)/t8?,9-/m0/s1. The number of nitrogens with one attached hydrogen (secondary N) is 1. The first kappa shape index (κ1) is 12.4. The molecule has 0 saturated carbocycles. The lowest BCUT2D eigenvalue weighted by atomic mass is 10.3. The van der Waals surface area contributed by atoms with Crippen LogP contribution in [-0.2, 0) is 9.53 Å². The molecule has 1 aliphatic rings. The maximum Gasteiger partial charge on any atom is 0.234 e. The van der Waals surface area contributed by atoms with Gasteiger partial charge in [-0.3, -0.25) is 9.69 Å². The van der Waals surface area contributed by atoms with Gasteiger partial charge >= 0.3 is 0 Å². The fourth-order valence-corrected chi connectivity index (χ4v) is 1.82. The van der Waals surface area contributed by atoms with E-state index in [0.29, 0.717) is 13.2 Å². The van der Waals surface area contributed by atoms with Crippen LogP contribution in [0.1, 0.15) is 13.3 Å². The lowest BCUT2D eigenvalue weighted by Gasteiger charge is -2.17. The van der Waals surface area contributed by atoms with Gasteiger partial charge in [0.1, 0.15) is 0 Å². The van der Waals surface area contributed by atoms with Crippen molar-refractivity contribution < 1.29 is 9.53 Å². The first-order valence-corrected chi connectivity index (χ1v) is 5.38. The molecule has 1 heterocycles. The van der Waals surface area contributed by atoms with Crippen molar-refractivity contribution in [1.82, 2.24) is 10.2 Å². The number of ether oxygens (including phenoxy) is 1. The molecule has 1 rings (SSSR count). The van der Waals surface area contributed by atoms with Crippen LogP contribution in [0, 0.1) is 0 Å². The van der Waals surface area contributed by atoms with Gasteiger partial charge in [-0.15, -0.1) is 0 Å². The Morgan fingerprint density at radius 3 is 3.00 bits per heavy atom. The molecule has 0 aromatic rings. The van der Waals surface area contributed by atoms with Gasteiger partial charge in [-0.2, -0.15) is 0 Å². The number of nitrogens with zero attached hydrogens (tertiary/aromatic N) is 1. The van der Waals surface area contributed by atoms with Crippen LogP contribution >= 0.6 is 0 Å². The van der Waals surface area contributed by atoms with E-state index >= 15 is 0 Å². The van der Waals surface area contributed by atoms with Crippen molar-refractivity contribution in [1.29, 1.82) is 0 Å². The Hall–Kier alpha value is -0.650. The third-order valence-electron chi connectivity index (χ3n) is 2.50. The third-order valence-corrected chi connectivity index (χ3v) is 2.50. The van der Waals surface area contributed by atoms with E-state index in [2.05, 4.69) is 10.2 Å². The number of hydrogen-bond acceptors (Lipinski definition) is 4. The van der Waals surface area contributed by atoms with Gasteiger partial charge in [-0.1, -0.05) is 0 Å². The van der Waals surface area contributed by atoms with E-state index in [1.54, 1.807) is 7.11 Å². The zero-order chi connectivity index (χ0) is 11.3. The Balaban J connectivity index is 2.18. The fourth-order valence-electron chi connectivity index (χ4n) is 1.82. The van der Waals surface area contributed by atoms with E-state index in [1.165, 1.54) is 0 Å². The Morgan fingerprint density at radius 1 is 1.73 bits per heavy atom. The minimum absolute atomic E-state index is 0.0497. The van der Waals surface area contributed by atoms with Gasteiger partial charge in [0, 0.05) is 32.3 Å². The second-order valence-corrected chi connectivity index (χ2v) is 4.21. The zero-order valence-electron chi connectivity index (χ0n) is 9.53.